The van der Waals surface area contributed by atoms with Crippen molar-refractivity contribution in [1.29, 1.82) is 0 Å². The summed E-state index contributed by atoms with van der Waals surface area (Å²) in [4.78, 5) is 22.7. The zero-order chi connectivity index (χ0) is 18.6. The normalized spacial score (nSPS) is 11.4. The van der Waals surface area contributed by atoms with Gasteiger partial charge in [0.2, 0.25) is 0 Å². The van der Waals surface area contributed by atoms with Crippen LogP contribution in [0.2, 0.25) is 0 Å². The number of carbonyl (C=O) groups excluding carboxylic acids is 1. The first-order chi connectivity index (χ1) is 11.7. The highest BCUT2D eigenvalue weighted by Crippen LogP contribution is 2.32. The number of halogens is 3. The van der Waals surface area contributed by atoms with E-state index in [1.54, 1.807) is 12.1 Å². The smallest absolute Gasteiger partial charge is 0.433 e. The molecule has 0 unspecified atom stereocenters. The van der Waals surface area contributed by atoms with Crippen LogP contribution in [0.1, 0.15) is 35.0 Å². The van der Waals surface area contributed by atoms with Crippen molar-refractivity contribution >= 4 is 17.6 Å². The van der Waals surface area contributed by atoms with E-state index in [-0.39, 0.29) is 13.0 Å². The lowest BCUT2D eigenvalue weighted by Gasteiger charge is -2.11. The van der Waals surface area contributed by atoms with Crippen molar-refractivity contribution in [3.8, 4) is 0 Å². The zero-order valence-electron chi connectivity index (χ0n) is 13.3. The Morgan fingerprint density at radius 3 is 2.40 bits per heavy atom. The van der Waals surface area contributed by atoms with Crippen LogP contribution in [-0.4, -0.2) is 26.8 Å². The Morgan fingerprint density at radius 2 is 1.88 bits per heavy atom. The molecule has 0 aliphatic heterocycles. The number of hydrogen-bond acceptors (Lipinski definition) is 3. The number of anilines is 1. The number of nitrogens with zero attached hydrogens (tertiary/aromatic N) is 2. The molecule has 0 atom stereocenters. The van der Waals surface area contributed by atoms with Gasteiger partial charge in [-0.25, -0.2) is 0 Å². The largest absolute Gasteiger partial charge is 0.481 e. The number of carbonyl (C=O) groups is 2. The van der Waals surface area contributed by atoms with Crippen molar-refractivity contribution in [2.75, 3.05) is 5.32 Å². The highest BCUT2D eigenvalue weighted by atomic mass is 19.4. The lowest BCUT2D eigenvalue weighted by Crippen LogP contribution is -2.21. The Labute approximate surface area is 141 Å². The predicted molar refractivity (Wildman–Crippen MR) is 83.3 cm³/mol. The Kier molecular flexibility index (Phi) is 5.45. The molecule has 0 saturated carbocycles. The summed E-state index contributed by atoms with van der Waals surface area (Å²) in [5.41, 5.74) is -0.591. The monoisotopic (exact) mass is 355 g/mol. The van der Waals surface area contributed by atoms with E-state index < -0.39 is 29.3 Å². The van der Waals surface area contributed by atoms with Crippen LogP contribution in [0.3, 0.4) is 0 Å². The maximum atomic E-state index is 13.1. The molecule has 2 aromatic rings. The topological polar surface area (TPSA) is 84.2 Å². The molecule has 0 spiro atoms. The molecule has 0 fully saturated rings. The summed E-state index contributed by atoms with van der Waals surface area (Å²) in [5.74, 6) is -1.84. The number of aryl methyl sites for hydroxylation is 2. The standard InChI is InChI=1S/C16H16F3N3O3/c1-2-22-14(16(17,18)19)12(9-20-22)15(25)21-11-6-3-10(4-7-11)5-8-13(23)24/h3-4,6-7,9H,2,5,8H2,1H3,(H,21,25)(H,23,24). The number of nitrogens with one attached hydrogen (secondary N) is 1. The Hall–Kier alpha value is -2.84. The van der Waals surface area contributed by atoms with Crippen LogP contribution in [0, 0.1) is 0 Å². The second-order valence-electron chi connectivity index (χ2n) is 5.27. The minimum atomic E-state index is -4.69. The third kappa shape index (κ3) is 4.59. The number of aromatic nitrogens is 2. The maximum absolute atomic E-state index is 13.1. The lowest BCUT2D eigenvalue weighted by atomic mass is 10.1. The first kappa shape index (κ1) is 18.5. The number of rotatable bonds is 6. The van der Waals surface area contributed by atoms with E-state index in [9.17, 15) is 22.8 Å². The first-order valence-corrected chi connectivity index (χ1v) is 7.47. The fourth-order valence-electron chi connectivity index (χ4n) is 2.29. The van der Waals surface area contributed by atoms with Gasteiger partial charge in [-0.2, -0.15) is 18.3 Å². The van der Waals surface area contributed by atoms with Crippen molar-refractivity contribution < 1.29 is 27.9 Å². The van der Waals surface area contributed by atoms with E-state index in [0.717, 1.165) is 16.4 Å². The fourth-order valence-corrected chi connectivity index (χ4v) is 2.29. The predicted octanol–water partition coefficient (Wildman–Crippen LogP) is 3.19. The maximum Gasteiger partial charge on any atom is 0.433 e. The molecule has 0 aliphatic rings. The quantitative estimate of drug-likeness (QED) is 0.833. The molecule has 2 N–H and O–H groups in total. The highest BCUT2D eigenvalue weighted by molar-refractivity contribution is 6.05. The number of aliphatic carboxylic acids is 1. The van der Waals surface area contributed by atoms with Gasteiger partial charge in [0.05, 0.1) is 11.8 Å². The van der Waals surface area contributed by atoms with Gasteiger partial charge >= 0.3 is 12.1 Å². The second kappa shape index (κ2) is 7.37. The van der Waals surface area contributed by atoms with E-state index >= 15 is 0 Å². The molecule has 1 heterocycles. The molecule has 25 heavy (non-hydrogen) atoms. The van der Waals surface area contributed by atoms with Gasteiger partial charge in [0.1, 0.15) is 0 Å². The number of hydrogen-bond donors (Lipinski definition) is 2. The summed E-state index contributed by atoms with van der Waals surface area (Å²) in [5, 5.41) is 14.6. The minimum Gasteiger partial charge on any atom is -0.481 e. The Bertz CT molecular complexity index is 767. The summed E-state index contributed by atoms with van der Waals surface area (Å²) in [6.45, 7) is 1.49. The third-order valence-corrected chi connectivity index (χ3v) is 3.49. The number of carboxylic acids is 1. The molecule has 0 saturated heterocycles. The number of benzene rings is 1. The van der Waals surface area contributed by atoms with Crippen molar-refractivity contribution in [3.63, 3.8) is 0 Å². The average Bonchev–Trinajstić information content (AvgIpc) is 2.98. The summed E-state index contributed by atoms with van der Waals surface area (Å²) in [6.07, 6.45) is -3.51. The van der Waals surface area contributed by atoms with Crippen LogP contribution in [0.5, 0.6) is 0 Å². The van der Waals surface area contributed by atoms with Gasteiger partial charge in [0.15, 0.2) is 5.69 Å². The summed E-state index contributed by atoms with van der Waals surface area (Å²) in [7, 11) is 0. The van der Waals surface area contributed by atoms with Crippen LogP contribution in [0.4, 0.5) is 18.9 Å². The second-order valence-corrected chi connectivity index (χ2v) is 5.27. The van der Waals surface area contributed by atoms with Gasteiger partial charge in [-0.15, -0.1) is 0 Å². The molecule has 0 aliphatic carbocycles. The molecule has 134 valence electrons. The van der Waals surface area contributed by atoms with Crippen LogP contribution < -0.4 is 5.32 Å². The van der Waals surface area contributed by atoms with Crippen molar-refractivity contribution in [2.45, 2.75) is 32.5 Å². The van der Waals surface area contributed by atoms with Crippen molar-refractivity contribution in [1.82, 2.24) is 9.78 Å². The van der Waals surface area contributed by atoms with Crippen LogP contribution >= 0.6 is 0 Å². The summed E-state index contributed by atoms with van der Waals surface area (Å²) in [6, 6.07) is 6.23. The van der Waals surface area contributed by atoms with Crippen LogP contribution in [0.15, 0.2) is 30.5 Å². The molecule has 6 nitrogen and oxygen atoms in total. The zero-order valence-corrected chi connectivity index (χ0v) is 13.3. The summed E-state index contributed by atoms with van der Waals surface area (Å²) >= 11 is 0. The van der Waals surface area contributed by atoms with Crippen molar-refractivity contribution in [2.24, 2.45) is 0 Å². The molecule has 0 bridgehead atoms. The Balaban J connectivity index is 2.15. The van der Waals surface area contributed by atoms with Crippen molar-refractivity contribution in [3.05, 3.63) is 47.3 Å². The van der Waals surface area contributed by atoms with E-state index in [1.165, 1.54) is 19.1 Å². The van der Waals surface area contributed by atoms with E-state index in [1.807, 2.05) is 0 Å². The molecule has 2 rings (SSSR count). The summed E-state index contributed by atoms with van der Waals surface area (Å²) < 4.78 is 40.2. The molecular formula is C16H16F3N3O3. The molecular weight excluding hydrogens is 339 g/mol. The lowest BCUT2D eigenvalue weighted by molar-refractivity contribution is -0.144. The average molecular weight is 355 g/mol. The van der Waals surface area contributed by atoms with E-state index in [4.69, 9.17) is 5.11 Å². The molecule has 1 aromatic carbocycles. The number of alkyl halides is 3. The van der Waals surface area contributed by atoms with Crippen LogP contribution in [0.25, 0.3) is 0 Å². The van der Waals surface area contributed by atoms with Gasteiger partial charge < -0.3 is 10.4 Å². The van der Waals surface area contributed by atoms with Gasteiger partial charge in [0, 0.05) is 18.7 Å². The Morgan fingerprint density at radius 1 is 1.24 bits per heavy atom. The SMILES string of the molecule is CCn1ncc(C(=O)Nc2ccc(CCC(=O)O)cc2)c1C(F)(F)F. The molecule has 1 amide bonds. The van der Waals surface area contributed by atoms with Gasteiger partial charge in [-0.3, -0.25) is 14.3 Å². The molecule has 0 radical (unpaired) electrons. The first-order valence-electron chi connectivity index (χ1n) is 7.47. The minimum absolute atomic E-state index is 0.0135. The number of amides is 1. The van der Waals surface area contributed by atoms with E-state index in [2.05, 4.69) is 10.4 Å². The van der Waals surface area contributed by atoms with Gasteiger partial charge in [-0.05, 0) is 31.0 Å². The molecule has 1 aromatic heterocycles. The highest BCUT2D eigenvalue weighted by Gasteiger charge is 2.39. The third-order valence-electron chi connectivity index (χ3n) is 3.49. The molecule has 9 heteroatoms. The van der Waals surface area contributed by atoms with E-state index in [0.29, 0.717) is 12.1 Å². The van der Waals surface area contributed by atoms with Gasteiger partial charge in [0.25, 0.3) is 5.91 Å². The number of carboxylic acid groups (broad SMARTS) is 1. The van der Waals surface area contributed by atoms with Gasteiger partial charge in [-0.1, -0.05) is 12.1 Å². The fraction of sp³-hybridized carbons (Fsp3) is 0.312. The van der Waals surface area contributed by atoms with Crippen LogP contribution in [-0.2, 0) is 23.9 Å².